The van der Waals surface area contributed by atoms with Crippen LogP contribution in [-0.2, 0) is 13.5 Å². The van der Waals surface area contributed by atoms with Crippen molar-refractivity contribution in [2.75, 3.05) is 0 Å². The maximum atomic E-state index is 6.37. The number of hydrogen-bond donors (Lipinski definition) is 1. The van der Waals surface area contributed by atoms with Crippen LogP contribution in [0.25, 0.3) is 0 Å². The van der Waals surface area contributed by atoms with E-state index in [0.717, 1.165) is 12.8 Å². The Kier molecular flexibility index (Phi) is 4.39. The van der Waals surface area contributed by atoms with Crippen molar-refractivity contribution in [2.24, 2.45) is 18.7 Å². The van der Waals surface area contributed by atoms with Crippen molar-refractivity contribution in [3.05, 3.63) is 53.9 Å². The molecule has 0 radical (unpaired) electrons. The van der Waals surface area contributed by atoms with Crippen LogP contribution in [-0.4, -0.2) is 15.8 Å². The summed E-state index contributed by atoms with van der Waals surface area (Å²) in [6.45, 7) is 0. The molecule has 0 aliphatic heterocycles. The third kappa shape index (κ3) is 3.35. The Hall–Kier alpha value is -1.61. The summed E-state index contributed by atoms with van der Waals surface area (Å²) in [5.41, 5.74) is 9.17. The van der Waals surface area contributed by atoms with Gasteiger partial charge in [-0.05, 0) is 55.6 Å². The van der Waals surface area contributed by atoms with Crippen LogP contribution in [0.5, 0.6) is 0 Å². The minimum absolute atomic E-state index is 0.359. The summed E-state index contributed by atoms with van der Waals surface area (Å²) < 4.78 is 1.98. The molecule has 1 aromatic heterocycles. The third-order valence-corrected chi connectivity index (χ3v) is 5.01. The lowest BCUT2D eigenvalue weighted by Gasteiger charge is -2.34. The molecule has 2 N–H and O–H groups in total. The summed E-state index contributed by atoms with van der Waals surface area (Å²) in [7, 11) is 2.02. The maximum Gasteiger partial charge on any atom is 0.0492 e. The molecule has 1 aliphatic rings. The molecule has 1 fully saturated rings. The van der Waals surface area contributed by atoms with Crippen LogP contribution in [0.2, 0.25) is 0 Å². The van der Waals surface area contributed by atoms with Gasteiger partial charge in [0.2, 0.25) is 0 Å². The summed E-state index contributed by atoms with van der Waals surface area (Å²) in [6.07, 6.45) is 7.73. The van der Waals surface area contributed by atoms with E-state index in [0.29, 0.717) is 17.9 Å². The van der Waals surface area contributed by atoms with E-state index >= 15 is 0 Å². The molecule has 0 amide bonds. The molecule has 2 aromatic rings. The van der Waals surface area contributed by atoms with Crippen LogP contribution < -0.4 is 5.73 Å². The molecule has 1 heterocycles. The lowest BCUT2D eigenvalue weighted by atomic mass is 9.74. The Morgan fingerprint density at radius 3 is 2.71 bits per heavy atom. The summed E-state index contributed by atoms with van der Waals surface area (Å²) >= 11 is 0. The highest BCUT2D eigenvalue weighted by atomic mass is 15.2. The van der Waals surface area contributed by atoms with Gasteiger partial charge in [-0.1, -0.05) is 30.3 Å². The van der Waals surface area contributed by atoms with E-state index in [4.69, 9.17) is 5.73 Å². The molecule has 0 spiro atoms. The van der Waals surface area contributed by atoms with Gasteiger partial charge in [0, 0.05) is 25.0 Å². The second-order valence-electron chi connectivity index (χ2n) is 6.33. The largest absolute Gasteiger partial charge is 0.327 e. The Morgan fingerprint density at radius 2 is 2.00 bits per heavy atom. The van der Waals surface area contributed by atoms with E-state index in [1.54, 1.807) is 0 Å². The number of nitrogens with two attached hydrogens (primary N) is 1. The average molecular weight is 283 g/mol. The van der Waals surface area contributed by atoms with Crippen LogP contribution in [0, 0.1) is 5.92 Å². The van der Waals surface area contributed by atoms with Gasteiger partial charge in [-0.2, -0.15) is 5.10 Å². The first-order valence-corrected chi connectivity index (χ1v) is 8.01. The zero-order valence-electron chi connectivity index (χ0n) is 12.8. The second kappa shape index (κ2) is 6.44. The molecule has 0 saturated heterocycles. The van der Waals surface area contributed by atoms with Gasteiger partial charge in [-0.25, -0.2) is 0 Å². The molecular weight excluding hydrogens is 258 g/mol. The van der Waals surface area contributed by atoms with Gasteiger partial charge in [0.25, 0.3) is 0 Å². The molecule has 21 heavy (non-hydrogen) atoms. The van der Waals surface area contributed by atoms with Crippen molar-refractivity contribution in [3.8, 4) is 0 Å². The SMILES string of the molecule is Cn1nccc1CCC1CC(c2ccccc2)CCC1N. The Balaban J connectivity index is 1.62. The molecular formula is C18H25N3. The highest BCUT2D eigenvalue weighted by Gasteiger charge is 2.28. The van der Waals surface area contributed by atoms with Crippen molar-refractivity contribution >= 4 is 0 Å². The predicted octanol–water partition coefficient (Wildman–Crippen LogP) is 3.26. The van der Waals surface area contributed by atoms with Gasteiger partial charge in [-0.3, -0.25) is 4.68 Å². The quantitative estimate of drug-likeness (QED) is 0.936. The van der Waals surface area contributed by atoms with Gasteiger partial charge in [-0.15, -0.1) is 0 Å². The third-order valence-electron chi connectivity index (χ3n) is 5.01. The van der Waals surface area contributed by atoms with Crippen LogP contribution in [0.4, 0.5) is 0 Å². The van der Waals surface area contributed by atoms with E-state index in [9.17, 15) is 0 Å². The zero-order chi connectivity index (χ0) is 14.7. The summed E-state index contributed by atoms with van der Waals surface area (Å²) in [6, 6.07) is 13.4. The normalized spacial score (nSPS) is 25.9. The number of rotatable bonds is 4. The number of aromatic nitrogens is 2. The fourth-order valence-electron chi connectivity index (χ4n) is 3.63. The van der Waals surface area contributed by atoms with Crippen LogP contribution in [0.3, 0.4) is 0 Å². The van der Waals surface area contributed by atoms with E-state index in [2.05, 4.69) is 41.5 Å². The first kappa shape index (κ1) is 14.3. The monoisotopic (exact) mass is 283 g/mol. The van der Waals surface area contributed by atoms with Crippen molar-refractivity contribution in [1.29, 1.82) is 0 Å². The van der Waals surface area contributed by atoms with Crippen molar-refractivity contribution in [1.82, 2.24) is 9.78 Å². The fraction of sp³-hybridized carbons (Fsp3) is 0.500. The van der Waals surface area contributed by atoms with E-state index in [1.165, 1.54) is 30.5 Å². The molecule has 0 bridgehead atoms. The topological polar surface area (TPSA) is 43.8 Å². The Morgan fingerprint density at radius 1 is 1.19 bits per heavy atom. The number of hydrogen-bond acceptors (Lipinski definition) is 2. The molecule has 3 heteroatoms. The van der Waals surface area contributed by atoms with E-state index in [-0.39, 0.29) is 0 Å². The van der Waals surface area contributed by atoms with Crippen LogP contribution in [0.1, 0.15) is 42.9 Å². The lowest BCUT2D eigenvalue weighted by molar-refractivity contribution is 0.263. The average Bonchev–Trinajstić information content (AvgIpc) is 2.93. The molecule has 3 rings (SSSR count). The van der Waals surface area contributed by atoms with E-state index < -0.39 is 0 Å². The maximum absolute atomic E-state index is 6.37. The highest BCUT2D eigenvalue weighted by molar-refractivity contribution is 5.20. The Labute approximate surface area is 127 Å². The highest BCUT2D eigenvalue weighted by Crippen LogP contribution is 2.37. The predicted molar refractivity (Wildman–Crippen MR) is 86.0 cm³/mol. The minimum atomic E-state index is 0.359. The first-order chi connectivity index (χ1) is 10.2. The lowest BCUT2D eigenvalue weighted by Crippen LogP contribution is -2.36. The fourth-order valence-corrected chi connectivity index (χ4v) is 3.63. The van der Waals surface area contributed by atoms with Gasteiger partial charge < -0.3 is 5.73 Å². The molecule has 3 unspecified atom stereocenters. The second-order valence-corrected chi connectivity index (χ2v) is 6.33. The van der Waals surface area contributed by atoms with Crippen molar-refractivity contribution in [3.63, 3.8) is 0 Å². The van der Waals surface area contributed by atoms with Crippen molar-refractivity contribution < 1.29 is 0 Å². The Bertz CT molecular complexity index is 561. The summed E-state index contributed by atoms with van der Waals surface area (Å²) in [5.74, 6) is 1.31. The molecule has 3 nitrogen and oxygen atoms in total. The van der Waals surface area contributed by atoms with Gasteiger partial charge >= 0.3 is 0 Å². The van der Waals surface area contributed by atoms with Crippen molar-refractivity contribution in [2.45, 2.75) is 44.1 Å². The molecule has 1 aromatic carbocycles. The molecule has 112 valence electrons. The molecule has 3 atom stereocenters. The number of benzene rings is 1. The zero-order valence-corrected chi connectivity index (χ0v) is 12.8. The number of nitrogens with zero attached hydrogens (tertiary/aromatic N) is 2. The van der Waals surface area contributed by atoms with Crippen LogP contribution in [0.15, 0.2) is 42.6 Å². The first-order valence-electron chi connectivity index (χ1n) is 8.01. The van der Waals surface area contributed by atoms with Gasteiger partial charge in [0.1, 0.15) is 0 Å². The van der Waals surface area contributed by atoms with Gasteiger partial charge in [0.05, 0.1) is 0 Å². The summed E-state index contributed by atoms with van der Waals surface area (Å²) in [4.78, 5) is 0. The summed E-state index contributed by atoms with van der Waals surface area (Å²) in [5, 5.41) is 4.25. The van der Waals surface area contributed by atoms with E-state index in [1.807, 2.05) is 17.9 Å². The van der Waals surface area contributed by atoms with Crippen LogP contribution >= 0.6 is 0 Å². The molecule has 1 saturated carbocycles. The molecule has 1 aliphatic carbocycles. The minimum Gasteiger partial charge on any atom is -0.327 e. The van der Waals surface area contributed by atoms with Gasteiger partial charge in [0.15, 0.2) is 0 Å². The standard InChI is InChI=1S/C18H25N3/c1-21-17(11-12-20-21)9-7-16-13-15(8-10-18(16)19)14-5-3-2-4-6-14/h2-6,11-12,15-16,18H,7-10,13,19H2,1H3. The number of aryl methyl sites for hydroxylation is 2. The smallest absolute Gasteiger partial charge is 0.0492 e.